The monoisotopic (exact) mass is 440 g/mol. The van der Waals surface area contributed by atoms with E-state index in [1.165, 1.54) is 24.2 Å². The third-order valence-corrected chi connectivity index (χ3v) is 6.77. The number of hydrogen-bond acceptors (Lipinski definition) is 6. The minimum atomic E-state index is -0.197. The molecule has 1 aromatic carbocycles. The van der Waals surface area contributed by atoms with Crippen LogP contribution in [0.2, 0.25) is 0 Å². The molecule has 2 N–H and O–H groups in total. The van der Waals surface area contributed by atoms with E-state index in [9.17, 15) is 9.59 Å². The number of nitrogens with one attached hydrogen (secondary N) is 2. The summed E-state index contributed by atoms with van der Waals surface area (Å²) < 4.78 is 10.7. The van der Waals surface area contributed by atoms with Gasteiger partial charge in [0.25, 0.3) is 0 Å². The van der Waals surface area contributed by atoms with Gasteiger partial charge in [-0.25, -0.2) is 9.78 Å². The van der Waals surface area contributed by atoms with E-state index < -0.39 is 0 Å². The summed E-state index contributed by atoms with van der Waals surface area (Å²) in [6.45, 7) is 1.34. The van der Waals surface area contributed by atoms with Crippen LogP contribution >= 0.6 is 11.3 Å². The topological polar surface area (TPSA) is 92.8 Å². The first-order chi connectivity index (χ1) is 15.1. The van der Waals surface area contributed by atoms with E-state index in [1.807, 2.05) is 18.2 Å². The number of carbonyl (C=O) groups is 2. The Morgan fingerprint density at radius 3 is 2.90 bits per heavy atom. The lowest BCUT2D eigenvalue weighted by atomic mass is 10.1. The van der Waals surface area contributed by atoms with E-state index in [4.69, 9.17) is 9.47 Å². The molecule has 8 nitrogen and oxygen atoms in total. The van der Waals surface area contributed by atoms with Crippen LogP contribution in [-0.2, 0) is 17.8 Å². The number of carbonyl (C=O) groups excluding carboxylic acids is 2. The van der Waals surface area contributed by atoms with Crippen LogP contribution in [0.1, 0.15) is 41.8 Å². The average molecular weight is 441 g/mol. The highest BCUT2D eigenvalue weighted by molar-refractivity contribution is 7.15. The van der Waals surface area contributed by atoms with Gasteiger partial charge in [0, 0.05) is 30.0 Å². The minimum absolute atomic E-state index is 0.0507. The maximum atomic E-state index is 12.7. The number of benzene rings is 1. The molecule has 3 aliphatic rings. The second-order valence-electron chi connectivity index (χ2n) is 7.92. The summed E-state index contributed by atoms with van der Waals surface area (Å²) in [6.07, 6.45) is 8.47. The summed E-state index contributed by atoms with van der Waals surface area (Å²) >= 11 is 1.44. The Kier molecular flexibility index (Phi) is 5.50. The van der Waals surface area contributed by atoms with Crippen molar-refractivity contribution in [3.63, 3.8) is 0 Å². The lowest BCUT2D eigenvalue weighted by Gasteiger charge is -2.24. The first-order valence-corrected chi connectivity index (χ1v) is 11.4. The SMILES string of the molecule is O=C(Nc1nc2c(s1)CN(C(=O)/C=C/c1ccc3c(c1)OCO3)CC2)NC1CCCC1. The van der Waals surface area contributed by atoms with Gasteiger partial charge in [0.15, 0.2) is 16.6 Å². The smallest absolute Gasteiger partial charge is 0.321 e. The Labute approximate surface area is 184 Å². The molecule has 1 saturated carbocycles. The van der Waals surface area contributed by atoms with Crippen molar-refractivity contribution in [1.82, 2.24) is 15.2 Å². The zero-order valence-electron chi connectivity index (χ0n) is 17.1. The molecule has 3 amide bonds. The summed E-state index contributed by atoms with van der Waals surface area (Å²) in [5.74, 6) is 1.36. The average Bonchev–Trinajstić information content (AvgIpc) is 3.51. The van der Waals surface area contributed by atoms with Crippen molar-refractivity contribution >= 4 is 34.5 Å². The summed E-state index contributed by atoms with van der Waals surface area (Å²) in [6, 6.07) is 5.66. The molecular formula is C22H24N4O4S. The summed E-state index contributed by atoms with van der Waals surface area (Å²) in [5, 5.41) is 6.45. The summed E-state index contributed by atoms with van der Waals surface area (Å²) in [4.78, 5) is 32.2. The van der Waals surface area contributed by atoms with E-state index in [2.05, 4.69) is 15.6 Å². The molecule has 5 rings (SSSR count). The normalized spacial score (nSPS) is 17.7. The molecule has 9 heteroatoms. The zero-order chi connectivity index (χ0) is 21.2. The van der Waals surface area contributed by atoms with Crippen LogP contribution in [0.15, 0.2) is 24.3 Å². The van der Waals surface area contributed by atoms with Crippen molar-refractivity contribution in [3.05, 3.63) is 40.4 Å². The highest BCUT2D eigenvalue weighted by Gasteiger charge is 2.24. The molecular weight excluding hydrogens is 416 g/mol. The lowest BCUT2D eigenvalue weighted by Crippen LogP contribution is -2.36. The molecule has 31 heavy (non-hydrogen) atoms. The van der Waals surface area contributed by atoms with E-state index in [0.717, 1.165) is 34.7 Å². The number of fused-ring (bicyclic) bond motifs is 2. The van der Waals surface area contributed by atoms with E-state index >= 15 is 0 Å². The minimum Gasteiger partial charge on any atom is -0.454 e. The zero-order valence-corrected chi connectivity index (χ0v) is 17.9. The highest BCUT2D eigenvalue weighted by atomic mass is 32.1. The van der Waals surface area contributed by atoms with Gasteiger partial charge in [-0.3, -0.25) is 10.1 Å². The Bertz CT molecular complexity index is 1030. The fourth-order valence-corrected chi connectivity index (χ4v) is 5.13. The number of anilines is 1. The number of amides is 3. The van der Waals surface area contributed by atoms with Gasteiger partial charge < -0.3 is 19.7 Å². The molecule has 0 saturated heterocycles. The molecule has 1 aromatic heterocycles. The molecule has 0 spiro atoms. The Hall–Kier alpha value is -3.07. The van der Waals surface area contributed by atoms with Gasteiger partial charge in [-0.05, 0) is 36.6 Å². The standard InChI is InChI=1S/C22H24N4O4S/c27-20(8-6-14-5-7-17-18(11-14)30-13-29-17)26-10-9-16-19(12-26)31-22(24-16)25-21(28)23-15-3-1-2-4-15/h5-8,11,15H,1-4,9-10,12-13H2,(H2,23,24,25,28)/b8-6+. The highest BCUT2D eigenvalue weighted by Crippen LogP contribution is 2.33. The van der Waals surface area contributed by atoms with Gasteiger partial charge in [-0.2, -0.15) is 0 Å². The number of thiazole rings is 1. The Morgan fingerprint density at radius 2 is 2.03 bits per heavy atom. The molecule has 2 aliphatic heterocycles. The molecule has 1 aliphatic carbocycles. The van der Waals surface area contributed by atoms with Gasteiger partial charge in [0.2, 0.25) is 12.7 Å². The molecule has 162 valence electrons. The van der Waals surface area contributed by atoms with Gasteiger partial charge in [-0.1, -0.05) is 30.2 Å². The molecule has 2 aromatic rings. The van der Waals surface area contributed by atoms with Crippen molar-refractivity contribution in [1.29, 1.82) is 0 Å². The maximum Gasteiger partial charge on any atom is 0.321 e. The molecule has 3 heterocycles. The maximum absolute atomic E-state index is 12.7. The molecule has 0 unspecified atom stereocenters. The molecule has 0 bridgehead atoms. The number of aromatic nitrogens is 1. The van der Waals surface area contributed by atoms with E-state index in [0.29, 0.717) is 30.4 Å². The second-order valence-corrected chi connectivity index (χ2v) is 9.01. The van der Waals surface area contributed by atoms with Crippen molar-refractivity contribution in [2.24, 2.45) is 0 Å². The van der Waals surface area contributed by atoms with E-state index in [1.54, 1.807) is 17.1 Å². The predicted molar refractivity (Wildman–Crippen MR) is 117 cm³/mol. The number of urea groups is 1. The predicted octanol–water partition coefficient (Wildman–Crippen LogP) is 3.53. The van der Waals surface area contributed by atoms with Crippen LogP contribution < -0.4 is 20.1 Å². The summed E-state index contributed by atoms with van der Waals surface area (Å²) in [5.41, 5.74) is 1.85. The van der Waals surface area contributed by atoms with Gasteiger partial charge in [0.1, 0.15) is 0 Å². The fourth-order valence-electron chi connectivity index (χ4n) is 4.12. The van der Waals surface area contributed by atoms with Crippen molar-refractivity contribution < 1.29 is 19.1 Å². The second kappa shape index (κ2) is 8.58. The van der Waals surface area contributed by atoms with E-state index in [-0.39, 0.29) is 24.8 Å². The number of nitrogens with zero attached hydrogens (tertiary/aromatic N) is 2. The number of rotatable bonds is 4. The third-order valence-electron chi connectivity index (χ3n) is 5.77. The molecule has 0 atom stereocenters. The third kappa shape index (κ3) is 4.51. The number of ether oxygens (including phenoxy) is 2. The largest absolute Gasteiger partial charge is 0.454 e. The van der Waals surface area contributed by atoms with Gasteiger partial charge in [-0.15, -0.1) is 0 Å². The number of hydrogen-bond donors (Lipinski definition) is 2. The fraction of sp³-hybridized carbons (Fsp3) is 0.409. The van der Waals surface area contributed by atoms with Crippen molar-refractivity contribution in [2.75, 3.05) is 18.7 Å². The lowest BCUT2D eigenvalue weighted by molar-refractivity contribution is -0.126. The molecule has 1 fully saturated rings. The van der Waals surface area contributed by atoms with Crippen LogP contribution in [-0.4, -0.2) is 41.2 Å². The van der Waals surface area contributed by atoms with Crippen LogP contribution in [0.25, 0.3) is 6.08 Å². The van der Waals surface area contributed by atoms with Crippen molar-refractivity contribution in [3.8, 4) is 11.5 Å². The van der Waals surface area contributed by atoms with Crippen molar-refractivity contribution in [2.45, 2.75) is 44.7 Å². The van der Waals surface area contributed by atoms with Gasteiger partial charge in [0.05, 0.1) is 12.2 Å². The molecule has 0 radical (unpaired) electrons. The first kappa shape index (κ1) is 19.9. The Morgan fingerprint density at radius 1 is 1.19 bits per heavy atom. The van der Waals surface area contributed by atoms with Gasteiger partial charge >= 0.3 is 6.03 Å². The summed E-state index contributed by atoms with van der Waals surface area (Å²) in [7, 11) is 0. The van der Waals surface area contributed by atoms with Crippen LogP contribution in [0.5, 0.6) is 11.5 Å². The van der Waals surface area contributed by atoms with Crippen LogP contribution in [0.3, 0.4) is 0 Å². The quantitative estimate of drug-likeness (QED) is 0.710. The van der Waals surface area contributed by atoms with Crippen LogP contribution in [0.4, 0.5) is 9.93 Å². The van der Waals surface area contributed by atoms with Crippen LogP contribution in [0, 0.1) is 0 Å². The Balaban J connectivity index is 1.18. The first-order valence-electron chi connectivity index (χ1n) is 10.6.